The highest BCUT2D eigenvalue weighted by Gasteiger charge is 2.53. The van der Waals surface area contributed by atoms with Crippen molar-refractivity contribution >= 4 is 10.0 Å². The molecule has 2 aromatic rings. The van der Waals surface area contributed by atoms with Gasteiger partial charge in [0.2, 0.25) is 10.0 Å². The predicted octanol–water partition coefficient (Wildman–Crippen LogP) is 1.16. The molecule has 2 aliphatic heterocycles. The van der Waals surface area contributed by atoms with Crippen molar-refractivity contribution in [3.8, 4) is 11.4 Å². The molecule has 2 fully saturated rings. The van der Waals surface area contributed by atoms with E-state index >= 15 is 0 Å². The molecule has 1 aromatic carbocycles. The third kappa shape index (κ3) is 3.04. The Balaban J connectivity index is 1.71. The summed E-state index contributed by atoms with van der Waals surface area (Å²) in [5.41, 5.74) is 0.378. The van der Waals surface area contributed by atoms with Crippen molar-refractivity contribution in [1.82, 2.24) is 14.1 Å². The molecular weight excluding hydrogens is 370 g/mol. The van der Waals surface area contributed by atoms with Crippen LogP contribution >= 0.6 is 0 Å². The smallest absolute Gasteiger partial charge is 0.246 e. The Morgan fingerprint density at radius 3 is 2.93 bits per heavy atom. The number of methoxy groups -OCH3 is 2. The van der Waals surface area contributed by atoms with Gasteiger partial charge in [0.25, 0.3) is 0 Å². The molecule has 27 heavy (non-hydrogen) atoms. The average Bonchev–Trinajstić information content (AvgIpc) is 3.37. The van der Waals surface area contributed by atoms with Crippen LogP contribution in [0.15, 0.2) is 41.6 Å². The van der Waals surface area contributed by atoms with E-state index in [1.54, 1.807) is 48.5 Å². The number of benzene rings is 1. The van der Waals surface area contributed by atoms with Crippen molar-refractivity contribution in [3.05, 3.63) is 36.7 Å². The molecule has 2 aliphatic rings. The molecule has 0 N–H and O–H groups in total. The van der Waals surface area contributed by atoms with Gasteiger partial charge in [-0.3, -0.25) is 0 Å². The molecule has 0 unspecified atom stereocenters. The van der Waals surface area contributed by atoms with Gasteiger partial charge >= 0.3 is 0 Å². The van der Waals surface area contributed by atoms with Gasteiger partial charge in [0, 0.05) is 43.9 Å². The minimum absolute atomic E-state index is 0.132. The van der Waals surface area contributed by atoms with Gasteiger partial charge in [-0.2, -0.15) is 9.40 Å². The van der Waals surface area contributed by atoms with Crippen LogP contribution in [0.4, 0.5) is 0 Å². The predicted molar refractivity (Wildman–Crippen MR) is 97.5 cm³/mol. The number of nitrogens with zero attached hydrogens (tertiary/aromatic N) is 3. The van der Waals surface area contributed by atoms with Crippen LogP contribution in [0.25, 0.3) is 5.69 Å². The van der Waals surface area contributed by atoms with E-state index in [0.29, 0.717) is 44.3 Å². The Bertz CT molecular complexity index is 915. The number of sulfonamides is 1. The topological polar surface area (TPSA) is 82.9 Å². The van der Waals surface area contributed by atoms with E-state index in [4.69, 9.17) is 14.2 Å². The molecular formula is C18H23N3O5S. The number of rotatable bonds is 6. The van der Waals surface area contributed by atoms with E-state index in [1.165, 1.54) is 11.4 Å². The highest BCUT2D eigenvalue weighted by molar-refractivity contribution is 7.89. The quantitative estimate of drug-likeness (QED) is 0.733. The van der Waals surface area contributed by atoms with Gasteiger partial charge in [-0.15, -0.1) is 0 Å². The highest BCUT2D eigenvalue weighted by atomic mass is 32.2. The maximum atomic E-state index is 13.4. The van der Waals surface area contributed by atoms with Crippen LogP contribution in [0.1, 0.15) is 0 Å². The van der Waals surface area contributed by atoms with E-state index in [1.807, 2.05) is 0 Å². The monoisotopic (exact) mass is 393 g/mol. The molecule has 4 rings (SSSR count). The molecule has 2 saturated heterocycles. The summed E-state index contributed by atoms with van der Waals surface area (Å²) < 4.78 is 46.4. The molecule has 1 aromatic heterocycles. The van der Waals surface area contributed by atoms with Crippen LogP contribution in [0.5, 0.6) is 5.75 Å². The zero-order valence-corrected chi connectivity index (χ0v) is 16.2. The van der Waals surface area contributed by atoms with Crippen LogP contribution in [-0.4, -0.2) is 69.6 Å². The first-order valence-electron chi connectivity index (χ1n) is 8.75. The fourth-order valence-corrected chi connectivity index (χ4v) is 5.78. The summed E-state index contributed by atoms with van der Waals surface area (Å²) >= 11 is 0. The molecule has 9 heteroatoms. The van der Waals surface area contributed by atoms with Gasteiger partial charge < -0.3 is 14.2 Å². The zero-order chi connectivity index (χ0) is 19.1. The Morgan fingerprint density at radius 2 is 2.22 bits per heavy atom. The summed E-state index contributed by atoms with van der Waals surface area (Å²) in [7, 11) is -0.627. The lowest BCUT2D eigenvalue weighted by molar-refractivity contribution is 0.0601. The molecule has 3 heterocycles. The van der Waals surface area contributed by atoms with E-state index in [-0.39, 0.29) is 16.2 Å². The number of hydrogen-bond acceptors (Lipinski definition) is 6. The van der Waals surface area contributed by atoms with Gasteiger partial charge in [-0.25, -0.2) is 13.1 Å². The van der Waals surface area contributed by atoms with Crippen molar-refractivity contribution in [1.29, 1.82) is 0 Å². The second-order valence-corrected chi connectivity index (χ2v) is 9.00. The van der Waals surface area contributed by atoms with Crippen molar-refractivity contribution in [3.63, 3.8) is 0 Å². The molecule has 0 amide bonds. The number of hydrogen-bond donors (Lipinski definition) is 0. The fraction of sp³-hybridized carbons (Fsp3) is 0.500. The lowest BCUT2D eigenvalue weighted by Crippen LogP contribution is -2.37. The van der Waals surface area contributed by atoms with Crippen molar-refractivity contribution in [2.75, 3.05) is 47.1 Å². The Labute approximate surface area is 158 Å². The van der Waals surface area contributed by atoms with Crippen molar-refractivity contribution in [2.24, 2.45) is 11.3 Å². The maximum Gasteiger partial charge on any atom is 0.246 e. The summed E-state index contributed by atoms with van der Waals surface area (Å²) in [6.07, 6.45) is 3.41. The van der Waals surface area contributed by atoms with Crippen molar-refractivity contribution < 1.29 is 22.6 Å². The third-order valence-electron chi connectivity index (χ3n) is 5.46. The second-order valence-electron chi connectivity index (χ2n) is 7.09. The average molecular weight is 393 g/mol. The Kier molecular flexibility index (Phi) is 4.71. The van der Waals surface area contributed by atoms with E-state index in [2.05, 4.69) is 5.10 Å². The Morgan fingerprint density at radius 1 is 1.37 bits per heavy atom. The van der Waals surface area contributed by atoms with Crippen LogP contribution in [0, 0.1) is 11.3 Å². The zero-order valence-electron chi connectivity index (χ0n) is 15.4. The SMILES string of the molecule is COC[C@@]12COC[C@@H]1CN(S(=O)(=O)c1cc(-n3cccn3)ccc1OC)C2. The van der Waals surface area contributed by atoms with Gasteiger partial charge in [0.05, 0.1) is 32.6 Å². The molecule has 8 nitrogen and oxygen atoms in total. The fourth-order valence-electron chi connectivity index (χ4n) is 4.03. The summed E-state index contributed by atoms with van der Waals surface area (Å²) in [5.74, 6) is 0.451. The van der Waals surface area contributed by atoms with Crippen LogP contribution in [-0.2, 0) is 19.5 Å². The number of fused-ring (bicyclic) bond motifs is 1. The lowest BCUT2D eigenvalue weighted by atomic mass is 9.82. The number of aromatic nitrogens is 2. The molecule has 0 bridgehead atoms. The van der Waals surface area contributed by atoms with E-state index in [9.17, 15) is 8.42 Å². The van der Waals surface area contributed by atoms with Gasteiger partial charge in [0.15, 0.2) is 0 Å². The van der Waals surface area contributed by atoms with E-state index < -0.39 is 10.0 Å². The highest BCUT2D eigenvalue weighted by Crippen LogP contribution is 2.44. The van der Waals surface area contributed by atoms with Crippen LogP contribution < -0.4 is 4.74 Å². The maximum absolute atomic E-state index is 13.4. The van der Waals surface area contributed by atoms with E-state index in [0.717, 1.165) is 0 Å². The van der Waals surface area contributed by atoms with Gasteiger partial charge in [-0.1, -0.05) is 0 Å². The van der Waals surface area contributed by atoms with Crippen LogP contribution in [0.2, 0.25) is 0 Å². The first kappa shape index (κ1) is 18.4. The summed E-state index contributed by atoms with van der Waals surface area (Å²) in [5, 5.41) is 4.18. The van der Waals surface area contributed by atoms with Gasteiger partial charge in [-0.05, 0) is 24.3 Å². The molecule has 0 saturated carbocycles. The number of ether oxygens (including phenoxy) is 3. The minimum atomic E-state index is -3.74. The lowest BCUT2D eigenvalue weighted by Gasteiger charge is -2.26. The minimum Gasteiger partial charge on any atom is -0.495 e. The third-order valence-corrected chi connectivity index (χ3v) is 7.29. The first-order chi connectivity index (χ1) is 13.0. The first-order valence-corrected chi connectivity index (χ1v) is 10.2. The van der Waals surface area contributed by atoms with Gasteiger partial charge in [0.1, 0.15) is 10.6 Å². The molecule has 146 valence electrons. The molecule has 2 atom stereocenters. The van der Waals surface area contributed by atoms with Crippen LogP contribution in [0.3, 0.4) is 0 Å². The summed E-state index contributed by atoms with van der Waals surface area (Å²) in [6, 6.07) is 6.84. The molecule has 0 radical (unpaired) electrons. The normalized spacial score (nSPS) is 25.6. The summed E-state index contributed by atoms with van der Waals surface area (Å²) in [4.78, 5) is 0.145. The standard InChI is InChI=1S/C18H23N3O5S/c1-24-12-18-11-20(9-14(18)10-26-13-18)27(22,23)17-8-15(4-5-16(17)25-2)21-7-3-6-19-21/h3-8,14H,9-13H2,1-2H3/t14-,18-/m0/s1. The molecule has 0 aliphatic carbocycles. The van der Waals surface area contributed by atoms with Crippen molar-refractivity contribution in [2.45, 2.75) is 4.90 Å². The summed E-state index contributed by atoms with van der Waals surface area (Å²) in [6.45, 7) is 2.35. The second kappa shape index (κ2) is 6.90. The largest absolute Gasteiger partial charge is 0.495 e. The molecule has 0 spiro atoms. The Hall–Kier alpha value is -1.94.